The van der Waals surface area contributed by atoms with E-state index in [1.807, 2.05) is 0 Å². The molecule has 0 saturated carbocycles. The molecule has 0 aliphatic rings. The lowest BCUT2D eigenvalue weighted by Crippen LogP contribution is -2.25. The third-order valence-corrected chi connectivity index (χ3v) is 2.62. The normalized spacial score (nSPS) is 12.2. The molecule has 0 bridgehead atoms. The van der Waals surface area contributed by atoms with Crippen molar-refractivity contribution in [1.29, 1.82) is 0 Å². The van der Waals surface area contributed by atoms with Gasteiger partial charge in [-0.25, -0.2) is 9.59 Å². The van der Waals surface area contributed by atoms with E-state index >= 15 is 0 Å². The Labute approximate surface area is 137 Å². The third-order valence-electron chi connectivity index (χ3n) is 2.62. The third kappa shape index (κ3) is 6.49. The average molecular weight is 338 g/mol. The summed E-state index contributed by atoms with van der Waals surface area (Å²) in [7, 11) is 0. The van der Waals surface area contributed by atoms with E-state index in [9.17, 15) is 19.5 Å². The first-order valence-electron chi connectivity index (χ1n) is 7.02. The van der Waals surface area contributed by atoms with Crippen molar-refractivity contribution in [2.75, 3.05) is 0 Å². The maximum atomic E-state index is 11.5. The van der Waals surface area contributed by atoms with Gasteiger partial charge in [-0.2, -0.15) is 0 Å². The highest BCUT2D eigenvalue weighted by Crippen LogP contribution is 2.28. The molecule has 0 aromatic heterocycles. The van der Waals surface area contributed by atoms with Gasteiger partial charge in [0.05, 0.1) is 12.5 Å². The van der Waals surface area contributed by atoms with Gasteiger partial charge in [-0.15, -0.1) is 0 Å². The molecule has 8 nitrogen and oxygen atoms in total. The van der Waals surface area contributed by atoms with Crippen molar-refractivity contribution in [3.8, 4) is 11.5 Å². The van der Waals surface area contributed by atoms with E-state index in [0.717, 1.165) is 0 Å². The zero-order valence-corrected chi connectivity index (χ0v) is 13.1. The summed E-state index contributed by atoms with van der Waals surface area (Å²) in [5.41, 5.74) is 0.440. The first-order valence-corrected chi connectivity index (χ1v) is 7.02. The number of phenols is 1. The van der Waals surface area contributed by atoms with Gasteiger partial charge in [0.2, 0.25) is 0 Å². The maximum Gasteiger partial charge on any atom is 0.333 e. The molecule has 0 saturated heterocycles. The van der Waals surface area contributed by atoms with Crippen LogP contribution < -0.4 is 4.74 Å². The summed E-state index contributed by atoms with van der Waals surface area (Å²) >= 11 is 0. The zero-order valence-electron chi connectivity index (χ0n) is 13.1. The molecule has 0 fully saturated rings. The molecule has 0 spiro atoms. The zero-order chi connectivity index (χ0) is 18.3. The van der Waals surface area contributed by atoms with Crippen molar-refractivity contribution >= 4 is 24.0 Å². The Hall–Kier alpha value is -2.87. The smallest absolute Gasteiger partial charge is 0.333 e. The predicted molar refractivity (Wildman–Crippen MR) is 82.3 cm³/mol. The lowest BCUT2D eigenvalue weighted by Gasteiger charge is -2.09. The summed E-state index contributed by atoms with van der Waals surface area (Å²) in [6.45, 7) is 3.41. The van der Waals surface area contributed by atoms with Gasteiger partial charge >= 0.3 is 17.9 Å². The Balaban J connectivity index is 2.79. The summed E-state index contributed by atoms with van der Waals surface area (Å²) in [5, 5.41) is 27.3. The number of aliphatic carboxylic acids is 1. The van der Waals surface area contributed by atoms with E-state index in [0.29, 0.717) is 5.56 Å². The molecular weight excluding hydrogens is 320 g/mol. The fourth-order valence-electron chi connectivity index (χ4n) is 1.56. The minimum atomic E-state index is -1.89. The number of carbonyl (C=O) groups excluding carboxylic acids is 2. The number of aliphatic hydroxyl groups is 1. The molecule has 0 heterocycles. The van der Waals surface area contributed by atoms with E-state index in [1.165, 1.54) is 30.4 Å². The fourth-order valence-corrected chi connectivity index (χ4v) is 1.56. The predicted octanol–water partition coefficient (Wildman–Crippen LogP) is 1.10. The number of carboxylic acids is 1. The molecule has 0 radical (unpaired) electrons. The number of hydrogen-bond acceptors (Lipinski definition) is 7. The highest BCUT2D eigenvalue weighted by atomic mass is 16.5. The quantitative estimate of drug-likeness (QED) is 0.383. The number of rotatable bonds is 7. The lowest BCUT2D eigenvalue weighted by molar-refractivity contribution is -0.152. The van der Waals surface area contributed by atoms with Gasteiger partial charge in [0.1, 0.15) is 0 Å². The Morgan fingerprint density at radius 1 is 1.25 bits per heavy atom. The number of benzene rings is 1. The van der Waals surface area contributed by atoms with Crippen LogP contribution in [0, 0.1) is 0 Å². The van der Waals surface area contributed by atoms with Crippen LogP contribution in [0.5, 0.6) is 11.5 Å². The second-order valence-electron chi connectivity index (χ2n) is 5.08. The van der Waals surface area contributed by atoms with Gasteiger partial charge in [-0.1, -0.05) is 6.07 Å². The van der Waals surface area contributed by atoms with Gasteiger partial charge in [-0.3, -0.25) is 4.79 Å². The summed E-state index contributed by atoms with van der Waals surface area (Å²) in [6, 6.07) is 3.99. The molecule has 1 unspecified atom stereocenters. The molecule has 0 aliphatic carbocycles. The van der Waals surface area contributed by atoms with Gasteiger partial charge in [0.25, 0.3) is 0 Å². The second-order valence-corrected chi connectivity index (χ2v) is 5.08. The molecule has 3 N–H and O–H groups in total. The SMILES string of the molecule is CC(C)OC(=O)/C=C/c1ccc(O)c(OC(=O)CC(O)C(=O)O)c1. The largest absolute Gasteiger partial charge is 0.504 e. The van der Waals surface area contributed by atoms with Crippen LogP contribution in [0.4, 0.5) is 0 Å². The molecular formula is C16H18O8. The molecule has 1 aromatic rings. The number of hydrogen-bond donors (Lipinski definition) is 3. The summed E-state index contributed by atoms with van der Waals surface area (Å²) < 4.78 is 9.73. The topological polar surface area (TPSA) is 130 Å². The van der Waals surface area contributed by atoms with Crippen LogP contribution in [0.2, 0.25) is 0 Å². The second kappa shape index (κ2) is 8.68. The highest BCUT2D eigenvalue weighted by Gasteiger charge is 2.20. The van der Waals surface area contributed by atoms with E-state index in [2.05, 4.69) is 0 Å². The van der Waals surface area contributed by atoms with Crippen molar-refractivity contribution in [2.45, 2.75) is 32.5 Å². The average Bonchev–Trinajstić information content (AvgIpc) is 2.47. The van der Waals surface area contributed by atoms with Gasteiger partial charge in [0.15, 0.2) is 17.6 Å². The van der Waals surface area contributed by atoms with Crippen molar-refractivity contribution in [1.82, 2.24) is 0 Å². The fraction of sp³-hybridized carbons (Fsp3) is 0.312. The van der Waals surface area contributed by atoms with Crippen molar-refractivity contribution in [2.24, 2.45) is 0 Å². The summed E-state index contributed by atoms with van der Waals surface area (Å²) in [6.07, 6.45) is -0.359. The molecule has 1 rings (SSSR count). The molecule has 1 aromatic carbocycles. The van der Waals surface area contributed by atoms with Crippen molar-refractivity contribution in [3.05, 3.63) is 29.8 Å². The minimum Gasteiger partial charge on any atom is -0.504 e. The van der Waals surface area contributed by atoms with E-state index in [-0.39, 0.29) is 17.6 Å². The summed E-state index contributed by atoms with van der Waals surface area (Å²) in [5.74, 6) is -3.72. The first-order chi connectivity index (χ1) is 11.2. The number of ether oxygens (including phenoxy) is 2. The van der Waals surface area contributed by atoms with Gasteiger partial charge < -0.3 is 24.8 Å². The molecule has 1 atom stereocenters. The van der Waals surface area contributed by atoms with Crippen LogP contribution in [0.15, 0.2) is 24.3 Å². The maximum absolute atomic E-state index is 11.5. The Kier molecular flexibility index (Phi) is 6.94. The molecule has 0 aliphatic heterocycles. The highest BCUT2D eigenvalue weighted by molar-refractivity contribution is 5.87. The van der Waals surface area contributed by atoms with E-state index in [4.69, 9.17) is 19.7 Å². The Morgan fingerprint density at radius 2 is 1.92 bits per heavy atom. The van der Waals surface area contributed by atoms with Crippen LogP contribution in [-0.4, -0.2) is 45.4 Å². The van der Waals surface area contributed by atoms with Crippen LogP contribution in [-0.2, 0) is 19.1 Å². The molecule has 24 heavy (non-hydrogen) atoms. The van der Waals surface area contributed by atoms with Gasteiger partial charge in [0, 0.05) is 6.08 Å². The molecule has 8 heteroatoms. The number of carboxylic acid groups (broad SMARTS) is 1. The van der Waals surface area contributed by atoms with Gasteiger partial charge in [-0.05, 0) is 37.6 Å². The van der Waals surface area contributed by atoms with Crippen LogP contribution in [0.25, 0.3) is 6.08 Å². The Morgan fingerprint density at radius 3 is 2.50 bits per heavy atom. The minimum absolute atomic E-state index is 0.225. The van der Waals surface area contributed by atoms with Crippen molar-refractivity contribution in [3.63, 3.8) is 0 Å². The van der Waals surface area contributed by atoms with Crippen LogP contribution in [0.1, 0.15) is 25.8 Å². The lowest BCUT2D eigenvalue weighted by atomic mass is 10.2. The number of carbonyl (C=O) groups is 3. The van der Waals surface area contributed by atoms with Crippen LogP contribution in [0.3, 0.4) is 0 Å². The monoisotopic (exact) mass is 338 g/mol. The summed E-state index contributed by atoms with van der Waals surface area (Å²) in [4.78, 5) is 33.4. The molecule has 130 valence electrons. The Bertz CT molecular complexity index is 647. The van der Waals surface area contributed by atoms with Crippen molar-refractivity contribution < 1.29 is 39.2 Å². The first kappa shape index (κ1) is 19.2. The van der Waals surface area contributed by atoms with Crippen LogP contribution >= 0.6 is 0 Å². The number of phenolic OH excluding ortho intramolecular Hbond substituents is 1. The standard InChI is InChI=1S/C16H18O8/c1-9(2)23-14(19)6-4-10-3-5-11(17)13(7-10)24-15(20)8-12(18)16(21)22/h3-7,9,12,17-18H,8H2,1-2H3,(H,21,22)/b6-4+. The number of aliphatic hydroxyl groups excluding tert-OH is 1. The van der Waals surface area contributed by atoms with E-state index in [1.54, 1.807) is 13.8 Å². The number of esters is 2. The number of aromatic hydroxyl groups is 1. The molecule has 0 amide bonds. The van der Waals surface area contributed by atoms with E-state index < -0.39 is 30.4 Å².